The van der Waals surface area contributed by atoms with Gasteiger partial charge in [-0.2, -0.15) is 0 Å². The van der Waals surface area contributed by atoms with Crippen molar-refractivity contribution in [2.45, 2.75) is 32.7 Å². The van der Waals surface area contributed by atoms with Crippen molar-refractivity contribution < 1.29 is 23.4 Å². The largest absolute Gasteiger partial charge is 0.491 e. The van der Waals surface area contributed by atoms with E-state index in [1.165, 1.54) is 7.11 Å². The van der Waals surface area contributed by atoms with Gasteiger partial charge in [0.15, 0.2) is 0 Å². The Hall–Kier alpha value is -3.51. The predicted octanol–water partition coefficient (Wildman–Crippen LogP) is 6.11. The van der Waals surface area contributed by atoms with Crippen LogP contribution in [-0.4, -0.2) is 39.4 Å². The van der Waals surface area contributed by atoms with Crippen LogP contribution in [0.1, 0.15) is 37.3 Å². The van der Waals surface area contributed by atoms with Crippen LogP contribution in [0.2, 0.25) is 0 Å². The van der Waals surface area contributed by atoms with Gasteiger partial charge in [0, 0.05) is 36.5 Å². The molecule has 1 aliphatic heterocycles. The summed E-state index contributed by atoms with van der Waals surface area (Å²) in [5.41, 5.74) is 5.99. The molecule has 1 aromatic heterocycles. The molecule has 0 aliphatic carbocycles. The van der Waals surface area contributed by atoms with Crippen molar-refractivity contribution >= 4 is 17.7 Å². The van der Waals surface area contributed by atoms with E-state index >= 15 is 0 Å². The number of hydrogen-bond acceptors (Lipinski definition) is 6. The molecule has 35 heavy (non-hydrogen) atoms. The van der Waals surface area contributed by atoms with Gasteiger partial charge < -0.3 is 23.5 Å². The van der Waals surface area contributed by atoms with Crippen LogP contribution in [0.3, 0.4) is 0 Å². The summed E-state index contributed by atoms with van der Waals surface area (Å²) in [5.74, 6) is 0.536. The van der Waals surface area contributed by atoms with Gasteiger partial charge in [0.05, 0.1) is 26.2 Å². The molecule has 1 aliphatic rings. The van der Waals surface area contributed by atoms with E-state index in [1.807, 2.05) is 24.3 Å². The molecule has 6 heteroatoms. The van der Waals surface area contributed by atoms with Gasteiger partial charge in [0.25, 0.3) is 0 Å². The van der Waals surface area contributed by atoms with Gasteiger partial charge >= 0.3 is 5.97 Å². The Balaban J connectivity index is 1.51. The Kier molecular flexibility index (Phi) is 8.63. The molecule has 0 N–H and O–H groups in total. The summed E-state index contributed by atoms with van der Waals surface area (Å²) in [5, 5.41) is 0. The number of furan rings is 1. The number of ether oxygens (including phenoxy) is 3. The average Bonchev–Trinajstić information content (AvgIpc) is 3.34. The van der Waals surface area contributed by atoms with E-state index in [-0.39, 0.29) is 5.97 Å². The summed E-state index contributed by atoms with van der Waals surface area (Å²) in [6, 6.07) is 16.4. The first-order valence-corrected chi connectivity index (χ1v) is 12.2. The summed E-state index contributed by atoms with van der Waals surface area (Å²) < 4.78 is 21.6. The highest BCUT2D eigenvalue weighted by Gasteiger charge is 2.21. The molecule has 0 bridgehead atoms. The van der Waals surface area contributed by atoms with Gasteiger partial charge in [-0.1, -0.05) is 31.5 Å². The number of anilines is 1. The van der Waals surface area contributed by atoms with Crippen LogP contribution in [0.5, 0.6) is 5.75 Å². The van der Waals surface area contributed by atoms with E-state index in [4.69, 9.17) is 18.6 Å². The highest BCUT2D eigenvalue weighted by Crippen LogP contribution is 2.34. The van der Waals surface area contributed by atoms with E-state index in [9.17, 15) is 4.79 Å². The number of carbonyl (C=O) groups excluding carboxylic acids is 1. The van der Waals surface area contributed by atoms with Gasteiger partial charge in [-0.25, -0.2) is 4.79 Å². The number of unbranched alkanes of at least 4 members (excludes halogenated alkanes) is 1. The summed E-state index contributed by atoms with van der Waals surface area (Å²) >= 11 is 0. The quantitative estimate of drug-likeness (QED) is 0.246. The molecular formula is C29H33NO5. The second-order valence-corrected chi connectivity index (χ2v) is 8.58. The van der Waals surface area contributed by atoms with Crippen molar-refractivity contribution in [1.29, 1.82) is 0 Å². The lowest BCUT2D eigenvalue weighted by Gasteiger charge is -2.25. The van der Waals surface area contributed by atoms with Crippen LogP contribution < -0.4 is 9.64 Å². The van der Waals surface area contributed by atoms with E-state index in [2.05, 4.69) is 42.2 Å². The second kappa shape index (κ2) is 12.3. The number of esters is 1. The minimum atomic E-state index is -0.285. The Labute approximate surface area is 207 Å². The normalized spacial score (nSPS) is 13.1. The zero-order valence-electron chi connectivity index (χ0n) is 20.5. The van der Waals surface area contributed by atoms with Gasteiger partial charge in [-0.15, -0.1) is 0 Å². The molecule has 0 saturated carbocycles. The van der Waals surface area contributed by atoms with Crippen LogP contribution in [0.15, 0.2) is 71.0 Å². The lowest BCUT2D eigenvalue weighted by molar-refractivity contribution is -0.136. The molecule has 2 heterocycles. The van der Waals surface area contributed by atoms with Gasteiger partial charge in [-0.3, -0.25) is 0 Å². The van der Waals surface area contributed by atoms with E-state index < -0.39 is 0 Å². The summed E-state index contributed by atoms with van der Waals surface area (Å²) in [4.78, 5) is 14.6. The summed E-state index contributed by atoms with van der Waals surface area (Å²) in [7, 11) is 1.43. The Bertz CT molecular complexity index is 1120. The molecule has 0 saturated heterocycles. The number of hydrogen-bond donors (Lipinski definition) is 0. The molecule has 6 nitrogen and oxygen atoms in total. The summed E-state index contributed by atoms with van der Waals surface area (Å²) in [6.45, 7) is 5.48. The number of rotatable bonds is 11. The first kappa shape index (κ1) is 24.6. The number of fused-ring (bicyclic) bond motifs is 1. The molecule has 0 fully saturated rings. The lowest BCUT2D eigenvalue weighted by atomic mass is 10.00. The van der Waals surface area contributed by atoms with E-state index in [0.717, 1.165) is 53.1 Å². The molecule has 3 aromatic rings. The molecule has 4 rings (SSSR count). The zero-order valence-corrected chi connectivity index (χ0v) is 20.5. The number of nitrogens with zero attached hydrogens (tertiary/aromatic N) is 1. The maximum atomic E-state index is 12.4. The van der Waals surface area contributed by atoms with E-state index in [1.54, 1.807) is 12.5 Å². The van der Waals surface area contributed by atoms with Crippen molar-refractivity contribution in [3.05, 3.63) is 77.8 Å². The third-order valence-electron chi connectivity index (χ3n) is 6.08. The van der Waals surface area contributed by atoms with Crippen LogP contribution >= 0.6 is 0 Å². The monoisotopic (exact) mass is 475 g/mol. The van der Waals surface area contributed by atoms with Crippen LogP contribution in [0.25, 0.3) is 17.2 Å². The predicted molar refractivity (Wildman–Crippen MR) is 137 cm³/mol. The minimum absolute atomic E-state index is 0.285. The summed E-state index contributed by atoms with van der Waals surface area (Å²) in [6.07, 6.45) is 8.22. The average molecular weight is 476 g/mol. The molecule has 0 spiro atoms. The maximum absolute atomic E-state index is 12.4. The van der Waals surface area contributed by atoms with Crippen molar-refractivity contribution in [1.82, 2.24) is 0 Å². The zero-order chi connectivity index (χ0) is 24.5. The Morgan fingerprint density at radius 1 is 1.03 bits per heavy atom. The fourth-order valence-corrected chi connectivity index (χ4v) is 4.14. The first-order chi connectivity index (χ1) is 17.2. The lowest BCUT2D eigenvalue weighted by Crippen LogP contribution is -2.24. The highest BCUT2D eigenvalue weighted by molar-refractivity contribution is 5.96. The van der Waals surface area contributed by atoms with Crippen molar-refractivity contribution in [3.8, 4) is 16.9 Å². The molecule has 0 atom stereocenters. The third kappa shape index (κ3) is 6.55. The molecular weight excluding hydrogens is 442 g/mol. The number of methoxy groups -OCH3 is 1. The second-order valence-electron chi connectivity index (χ2n) is 8.58. The Morgan fingerprint density at radius 3 is 2.60 bits per heavy atom. The van der Waals surface area contributed by atoms with E-state index in [0.29, 0.717) is 38.3 Å². The molecule has 184 valence electrons. The Morgan fingerprint density at radius 2 is 1.86 bits per heavy atom. The van der Waals surface area contributed by atoms with Gasteiger partial charge in [0.1, 0.15) is 12.4 Å². The smallest absolute Gasteiger partial charge is 0.333 e. The van der Waals surface area contributed by atoms with Crippen molar-refractivity contribution in [3.63, 3.8) is 0 Å². The third-order valence-corrected chi connectivity index (χ3v) is 6.08. The first-order valence-electron chi connectivity index (χ1n) is 12.2. The molecule has 0 radical (unpaired) electrons. The molecule has 0 unspecified atom stereocenters. The maximum Gasteiger partial charge on any atom is 0.333 e. The van der Waals surface area contributed by atoms with Crippen LogP contribution in [-0.2, 0) is 20.8 Å². The minimum Gasteiger partial charge on any atom is -0.491 e. The molecule has 2 aromatic carbocycles. The fourth-order valence-electron chi connectivity index (χ4n) is 4.14. The van der Waals surface area contributed by atoms with Gasteiger partial charge in [0.2, 0.25) is 0 Å². The topological polar surface area (TPSA) is 61.1 Å². The van der Waals surface area contributed by atoms with Crippen molar-refractivity contribution in [2.24, 2.45) is 0 Å². The fraction of sp³-hybridized carbons (Fsp3) is 0.345. The SMILES string of the molecule is CCCCOCCOc1ccc(-c2ccc3c(c2)C=C(C(=O)OC)CCN3Cc2ccoc2)cc1. The van der Waals surface area contributed by atoms with Crippen LogP contribution in [0, 0.1) is 0 Å². The standard InChI is InChI=1S/C29H33NO5/c1-3-4-14-33-16-17-35-27-8-5-23(6-9-27)24-7-10-28-26(18-24)19-25(29(31)32-2)11-13-30(28)20-22-12-15-34-21-22/h5-10,12,15,18-19,21H,3-4,11,13-14,16-17,20H2,1-2H3. The van der Waals surface area contributed by atoms with Crippen molar-refractivity contribution in [2.75, 3.05) is 38.4 Å². The number of benzene rings is 2. The highest BCUT2D eigenvalue weighted by atomic mass is 16.5. The van der Waals surface area contributed by atoms with Crippen LogP contribution in [0.4, 0.5) is 5.69 Å². The van der Waals surface area contributed by atoms with Gasteiger partial charge in [-0.05, 0) is 65.9 Å². The number of carbonyl (C=O) groups is 1. The molecule has 0 amide bonds.